The van der Waals surface area contributed by atoms with E-state index in [2.05, 4.69) is 11.8 Å². The Morgan fingerprint density at radius 3 is 2.63 bits per heavy atom. The van der Waals surface area contributed by atoms with Crippen LogP contribution in [0, 0.1) is 5.92 Å². The van der Waals surface area contributed by atoms with Gasteiger partial charge in [-0.15, -0.1) is 0 Å². The molecule has 0 aromatic carbocycles. The monoisotopic (exact) mass is 269 g/mol. The Morgan fingerprint density at radius 1 is 1.26 bits per heavy atom. The molecule has 0 N–H and O–H groups in total. The molecule has 112 valence electrons. The molecule has 3 heteroatoms. The van der Waals surface area contributed by atoms with Crippen molar-refractivity contribution in [1.82, 2.24) is 4.90 Å². The molecule has 0 aliphatic carbocycles. The first-order chi connectivity index (χ1) is 8.90. The standard InChI is InChI=1S/C16H31NO2/c1-5-7-14-8-6-11-17(12-9-14)13-10-15(18)19-16(2,3)4/h14H,5-13H2,1-4H3. The first-order valence-electron chi connectivity index (χ1n) is 7.85. The quantitative estimate of drug-likeness (QED) is 0.714. The molecule has 0 saturated carbocycles. The summed E-state index contributed by atoms with van der Waals surface area (Å²) >= 11 is 0. The van der Waals surface area contributed by atoms with E-state index in [4.69, 9.17) is 4.74 Å². The SMILES string of the molecule is CCCC1CCCN(CCC(=O)OC(C)(C)C)CC1. The van der Waals surface area contributed by atoms with Gasteiger partial charge in [-0.2, -0.15) is 0 Å². The first kappa shape index (κ1) is 16.5. The molecule has 0 aromatic heterocycles. The Bertz CT molecular complexity index is 270. The molecule has 1 fully saturated rings. The highest BCUT2D eigenvalue weighted by Crippen LogP contribution is 2.22. The molecule has 19 heavy (non-hydrogen) atoms. The molecular weight excluding hydrogens is 238 g/mol. The van der Waals surface area contributed by atoms with E-state index in [-0.39, 0.29) is 11.6 Å². The summed E-state index contributed by atoms with van der Waals surface area (Å²) in [4.78, 5) is 14.1. The van der Waals surface area contributed by atoms with E-state index < -0.39 is 0 Å². The molecule has 1 atom stereocenters. The van der Waals surface area contributed by atoms with Crippen LogP contribution in [0.4, 0.5) is 0 Å². The van der Waals surface area contributed by atoms with Crippen molar-refractivity contribution in [1.29, 1.82) is 0 Å². The summed E-state index contributed by atoms with van der Waals surface area (Å²) < 4.78 is 5.35. The summed E-state index contributed by atoms with van der Waals surface area (Å²) in [6.45, 7) is 11.2. The second-order valence-electron chi connectivity index (χ2n) is 6.76. The van der Waals surface area contributed by atoms with Crippen LogP contribution in [0.5, 0.6) is 0 Å². The molecule has 0 spiro atoms. The lowest BCUT2D eigenvalue weighted by Crippen LogP contribution is -2.30. The van der Waals surface area contributed by atoms with Gasteiger partial charge in [-0.3, -0.25) is 4.79 Å². The van der Waals surface area contributed by atoms with Crippen LogP contribution in [-0.4, -0.2) is 36.1 Å². The van der Waals surface area contributed by atoms with Crippen molar-refractivity contribution in [2.24, 2.45) is 5.92 Å². The van der Waals surface area contributed by atoms with Gasteiger partial charge in [0.2, 0.25) is 0 Å². The van der Waals surface area contributed by atoms with Gasteiger partial charge in [0.05, 0.1) is 6.42 Å². The Balaban J connectivity index is 2.24. The zero-order valence-corrected chi connectivity index (χ0v) is 13.2. The predicted octanol–water partition coefficient (Wildman–Crippen LogP) is 3.62. The minimum absolute atomic E-state index is 0.0677. The number of carbonyl (C=O) groups is 1. The number of hydrogen-bond acceptors (Lipinski definition) is 3. The Morgan fingerprint density at radius 2 is 2.00 bits per heavy atom. The molecule has 0 bridgehead atoms. The number of carbonyl (C=O) groups excluding carboxylic acids is 1. The number of ether oxygens (including phenoxy) is 1. The van der Waals surface area contributed by atoms with E-state index in [1.165, 1.54) is 32.1 Å². The Kier molecular flexibility index (Phi) is 6.84. The highest BCUT2D eigenvalue weighted by atomic mass is 16.6. The van der Waals surface area contributed by atoms with Gasteiger partial charge in [0.1, 0.15) is 5.60 Å². The molecule has 0 amide bonds. The van der Waals surface area contributed by atoms with Crippen LogP contribution in [0.3, 0.4) is 0 Å². The fourth-order valence-electron chi connectivity index (χ4n) is 2.79. The van der Waals surface area contributed by atoms with Crippen LogP contribution in [0.2, 0.25) is 0 Å². The smallest absolute Gasteiger partial charge is 0.307 e. The summed E-state index contributed by atoms with van der Waals surface area (Å²) in [6.07, 6.45) is 7.11. The van der Waals surface area contributed by atoms with Crippen LogP contribution in [-0.2, 0) is 9.53 Å². The van der Waals surface area contributed by atoms with Crippen LogP contribution in [0.15, 0.2) is 0 Å². The second kappa shape index (κ2) is 7.88. The lowest BCUT2D eigenvalue weighted by atomic mass is 9.96. The summed E-state index contributed by atoms with van der Waals surface area (Å²) in [5.74, 6) is 0.832. The highest BCUT2D eigenvalue weighted by molar-refractivity contribution is 5.70. The topological polar surface area (TPSA) is 29.5 Å². The van der Waals surface area contributed by atoms with Crippen molar-refractivity contribution in [3.8, 4) is 0 Å². The van der Waals surface area contributed by atoms with Crippen molar-refractivity contribution < 1.29 is 9.53 Å². The lowest BCUT2D eigenvalue weighted by molar-refractivity contribution is -0.155. The van der Waals surface area contributed by atoms with Gasteiger partial charge < -0.3 is 9.64 Å². The highest BCUT2D eigenvalue weighted by Gasteiger charge is 2.19. The average molecular weight is 269 g/mol. The number of esters is 1. The minimum Gasteiger partial charge on any atom is -0.460 e. The van der Waals surface area contributed by atoms with Gasteiger partial charge in [0, 0.05) is 6.54 Å². The maximum absolute atomic E-state index is 11.7. The van der Waals surface area contributed by atoms with Crippen molar-refractivity contribution in [2.75, 3.05) is 19.6 Å². The molecule has 1 aliphatic rings. The second-order valence-corrected chi connectivity index (χ2v) is 6.76. The van der Waals surface area contributed by atoms with E-state index in [1.807, 2.05) is 20.8 Å². The van der Waals surface area contributed by atoms with Gasteiger partial charge in [-0.1, -0.05) is 19.8 Å². The minimum atomic E-state index is -0.359. The molecule has 1 saturated heterocycles. The van der Waals surface area contributed by atoms with Crippen molar-refractivity contribution in [3.63, 3.8) is 0 Å². The van der Waals surface area contributed by atoms with Gasteiger partial charge >= 0.3 is 5.97 Å². The van der Waals surface area contributed by atoms with E-state index >= 15 is 0 Å². The fraction of sp³-hybridized carbons (Fsp3) is 0.938. The maximum Gasteiger partial charge on any atom is 0.307 e. The Labute approximate surface area is 118 Å². The van der Waals surface area contributed by atoms with E-state index in [0.29, 0.717) is 6.42 Å². The Hall–Kier alpha value is -0.570. The summed E-state index contributed by atoms with van der Waals surface area (Å²) in [5, 5.41) is 0. The molecular formula is C16H31NO2. The van der Waals surface area contributed by atoms with Crippen LogP contribution >= 0.6 is 0 Å². The maximum atomic E-state index is 11.7. The lowest BCUT2D eigenvalue weighted by Gasteiger charge is -2.22. The number of nitrogens with zero attached hydrogens (tertiary/aromatic N) is 1. The summed E-state index contributed by atoms with van der Waals surface area (Å²) in [5.41, 5.74) is -0.359. The molecule has 3 nitrogen and oxygen atoms in total. The van der Waals surface area contributed by atoms with Gasteiger partial charge in [0.25, 0.3) is 0 Å². The number of rotatable bonds is 5. The average Bonchev–Trinajstić information content (AvgIpc) is 2.50. The van der Waals surface area contributed by atoms with Crippen molar-refractivity contribution in [3.05, 3.63) is 0 Å². The molecule has 0 aromatic rings. The largest absolute Gasteiger partial charge is 0.460 e. The van der Waals surface area contributed by atoms with E-state index in [1.54, 1.807) is 0 Å². The molecule has 0 radical (unpaired) electrons. The molecule has 1 unspecified atom stereocenters. The van der Waals surface area contributed by atoms with Crippen molar-refractivity contribution in [2.45, 2.75) is 71.8 Å². The van der Waals surface area contributed by atoms with E-state index in [9.17, 15) is 4.79 Å². The predicted molar refractivity (Wildman–Crippen MR) is 79.2 cm³/mol. The van der Waals surface area contributed by atoms with Crippen molar-refractivity contribution >= 4 is 5.97 Å². The third-order valence-electron chi connectivity index (χ3n) is 3.69. The number of hydrogen-bond donors (Lipinski definition) is 0. The van der Waals surface area contributed by atoms with Crippen LogP contribution in [0.1, 0.15) is 66.2 Å². The number of likely N-dealkylation sites (tertiary alicyclic amines) is 1. The molecule has 1 heterocycles. The zero-order chi connectivity index (χ0) is 14.3. The third-order valence-corrected chi connectivity index (χ3v) is 3.69. The normalized spacial score (nSPS) is 22.0. The zero-order valence-electron chi connectivity index (χ0n) is 13.2. The van der Waals surface area contributed by atoms with Gasteiger partial charge in [-0.05, 0) is 59.0 Å². The summed E-state index contributed by atoms with van der Waals surface area (Å²) in [6, 6.07) is 0. The van der Waals surface area contributed by atoms with Crippen LogP contribution in [0.25, 0.3) is 0 Å². The van der Waals surface area contributed by atoms with Gasteiger partial charge in [-0.25, -0.2) is 0 Å². The molecule has 1 aliphatic heterocycles. The van der Waals surface area contributed by atoms with Crippen LogP contribution < -0.4 is 0 Å². The third kappa shape index (κ3) is 7.56. The molecule has 1 rings (SSSR count). The first-order valence-corrected chi connectivity index (χ1v) is 7.85. The fourth-order valence-corrected chi connectivity index (χ4v) is 2.79. The van der Waals surface area contributed by atoms with Gasteiger partial charge in [0.15, 0.2) is 0 Å². The summed E-state index contributed by atoms with van der Waals surface area (Å²) in [7, 11) is 0. The van der Waals surface area contributed by atoms with E-state index in [0.717, 1.165) is 25.6 Å².